The summed E-state index contributed by atoms with van der Waals surface area (Å²) in [7, 11) is 1.27. The van der Waals surface area contributed by atoms with Crippen molar-refractivity contribution in [1.82, 2.24) is 5.32 Å². The Kier molecular flexibility index (Phi) is 64.8. The predicted octanol–water partition coefficient (Wildman–Crippen LogP) is 23.0. The quantitative estimate of drug-likeness (QED) is 0.0272. The van der Waals surface area contributed by atoms with Gasteiger partial charge in [-0.25, -0.2) is 0 Å². The lowest BCUT2D eigenvalue weighted by Gasteiger charge is -2.29. The van der Waals surface area contributed by atoms with Gasteiger partial charge in [0.1, 0.15) is 13.2 Å². The molecule has 0 heterocycles. The molecule has 86 heavy (non-hydrogen) atoms. The molecule has 3 unspecified atom stereocenters. The van der Waals surface area contributed by atoms with Crippen LogP contribution in [0.2, 0.25) is 0 Å². The first kappa shape index (κ1) is 83.4. The molecule has 8 nitrogen and oxygen atoms in total. The number of amides is 1. The van der Waals surface area contributed by atoms with Gasteiger partial charge in [-0.2, -0.15) is 0 Å². The lowest BCUT2D eigenvalue weighted by Crippen LogP contribution is -2.45. The fourth-order valence-corrected chi connectivity index (χ4v) is 11.4. The van der Waals surface area contributed by atoms with Gasteiger partial charge in [-0.05, 0) is 77.0 Å². The molecule has 0 bridgehead atoms. The summed E-state index contributed by atoms with van der Waals surface area (Å²) in [5.41, 5.74) is 0. The zero-order valence-corrected chi connectivity index (χ0v) is 58.1. The number of aliphatic hydroxyl groups is 1. The number of likely N-dealkylation sites (N-methyl/N-ethyl adjacent to an activating group) is 1. The summed E-state index contributed by atoms with van der Waals surface area (Å²) >= 11 is 0. The first-order chi connectivity index (χ1) is 42.0. The van der Waals surface area contributed by atoms with Crippen molar-refractivity contribution in [2.75, 3.05) is 40.9 Å². The molecule has 3 atom stereocenters. The standard InChI is InChI=1S/C77H141N2O6P/c1-6-8-10-12-14-16-18-20-22-24-26-28-30-32-34-35-36-37-38-39-40-41-42-43-45-47-49-51-53-55-57-59-61-63-65-67-69-71-77(81)78-75(74-85-86(82,83)84-73-72-79(3,4)5)76(80)70-68-66-64-62-60-58-56-54-52-50-48-46-44-33-31-29-27-25-23-21-19-17-15-13-11-9-7-2/h8,10,14,16,20,22,26,28,32,34,36-37,39-40,68,70,75-76,80H,6-7,9,11-13,15,17-19,21,23-25,27,29-31,33,35,38,41-67,69,71-74H2,1-5H3,(H-,78,81,82,83)/b10-8-,16-14-,22-20-,28-26-,34-32-,37-36-,40-39-,70-68+. The maximum absolute atomic E-state index is 13.1. The van der Waals surface area contributed by atoms with Crippen molar-refractivity contribution in [3.05, 3.63) is 97.2 Å². The number of nitrogens with one attached hydrogen (secondary N) is 1. The van der Waals surface area contributed by atoms with E-state index in [0.717, 1.165) is 83.5 Å². The second-order valence-corrected chi connectivity index (χ2v) is 27.3. The van der Waals surface area contributed by atoms with Gasteiger partial charge in [0, 0.05) is 6.42 Å². The third kappa shape index (κ3) is 68.9. The molecule has 0 saturated carbocycles. The minimum Gasteiger partial charge on any atom is -0.756 e. The van der Waals surface area contributed by atoms with Gasteiger partial charge in [0.05, 0.1) is 39.9 Å². The topological polar surface area (TPSA) is 108 Å². The summed E-state index contributed by atoms with van der Waals surface area (Å²) in [5.74, 6) is -0.196. The van der Waals surface area contributed by atoms with Crippen LogP contribution >= 0.6 is 7.82 Å². The molecule has 0 aliphatic rings. The highest BCUT2D eigenvalue weighted by molar-refractivity contribution is 7.45. The second kappa shape index (κ2) is 66.8. The number of nitrogens with zero attached hydrogens (tertiary/aromatic N) is 1. The van der Waals surface area contributed by atoms with Crippen molar-refractivity contribution >= 4 is 13.7 Å². The zero-order valence-electron chi connectivity index (χ0n) is 57.3. The molecule has 0 aromatic carbocycles. The summed E-state index contributed by atoms with van der Waals surface area (Å²) in [6.07, 6.45) is 96.8. The van der Waals surface area contributed by atoms with Gasteiger partial charge in [0.15, 0.2) is 0 Å². The molecule has 0 saturated heterocycles. The van der Waals surface area contributed by atoms with E-state index in [2.05, 4.69) is 104 Å². The number of phosphoric acid groups is 1. The van der Waals surface area contributed by atoms with Crippen LogP contribution in [0.25, 0.3) is 0 Å². The average molecular weight is 1220 g/mol. The van der Waals surface area contributed by atoms with Crippen LogP contribution in [-0.4, -0.2) is 68.5 Å². The Morgan fingerprint density at radius 3 is 1.03 bits per heavy atom. The normalized spacial score (nSPS) is 14.2. The zero-order chi connectivity index (χ0) is 62.6. The van der Waals surface area contributed by atoms with Gasteiger partial charge in [-0.15, -0.1) is 0 Å². The first-order valence-corrected chi connectivity index (χ1v) is 38.1. The number of allylic oxidation sites excluding steroid dienone is 15. The van der Waals surface area contributed by atoms with E-state index in [1.807, 2.05) is 27.2 Å². The first-order valence-electron chi connectivity index (χ1n) is 36.6. The molecule has 9 heteroatoms. The van der Waals surface area contributed by atoms with Crippen LogP contribution in [0.3, 0.4) is 0 Å². The van der Waals surface area contributed by atoms with Crippen LogP contribution in [0.4, 0.5) is 0 Å². The van der Waals surface area contributed by atoms with Crippen LogP contribution in [-0.2, 0) is 18.4 Å². The predicted molar refractivity (Wildman–Crippen MR) is 376 cm³/mol. The maximum Gasteiger partial charge on any atom is 0.268 e. The molecular formula is C77H141N2O6P. The average Bonchev–Trinajstić information content (AvgIpc) is 3.70. The molecule has 0 aliphatic carbocycles. The van der Waals surface area contributed by atoms with Crippen LogP contribution in [0, 0.1) is 0 Å². The van der Waals surface area contributed by atoms with Gasteiger partial charge < -0.3 is 28.8 Å². The summed E-state index contributed by atoms with van der Waals surface area (Å²) < 4.78 is 23.5. The van der Waals surface area contributed by atoms with Crippen LogP contribution < -0.4 is 10.2 Å². The number of aliphatic hydroxyl groups excluding tert-OH is 1. The molecule has 0 aromatic rings. The fraction of sp³-hybridized carbons (Fsp3) is 0.779. The molecule has 500 valence electrons. The van der Waals surface area contributed by atoms with Crippen molar-refractivity contribution in [2.45, 2.75) is 347 Å². The van der Waals surface area contributed by atoms with E-state index in [0.29, 0.717) is 17.4 Å². The Labute approximate surface area is 534 Å². The molecular weight excluding hydrogens is 1080 g/mol. The lowest BCUT2D eigenvalue weighted by molar-refractivity contribution is -0.870. The third-order valence-electron chi connectivity index (χ3n) is 16.3. The maximum atomic E-state index is 13.1. The number of quaternary nitrogens is 1. The Morgan fingerprint density at radius 2 is 0.709 bits per heavy atom. The number of carbonyl (C=O) groups excluding carboxylic acids is 1. The summed E-state index contributed by atoms with van der Waals surface area (Å²) in [6.45, 7) is 4.57. The van der Waals surface area contributed by atoms with E-state index in [9.17, 15) is 19.4 Å². The SMILES string of the molecule is CC/C=C\C/C=C\C/C=C\C/C=C\C/C=C\C/C=C\C/C=C\CCCCCCCCCCCCCCCCCC(=O)NC(COP(=O)([O-])OCC[N+](C)(C)C)C(O)/C=C/CCCCCCCCCCCCCCCCCCCCCCCCCCC. The smallest absolute Gasteiger partial charge is 0.268 e. The number of phosphoric ester groups is 1. The van der Waals surface area contributed by atoms with Crippen molar-refractivity contribution < 1.29 is 32.9 Å². The molecule has 0 fully saturated rings. The highest BCUT2D eigenvalue weighted by Gasteiger charge is 2.23. The van der Waals surface area contributed by atoms with Crippen molar-refractivity contribution in [3.63, 3.8) is 0 Å². The second-order valence-electron chi connectivity index (χ2n) is 25.9. The monoisotopic (exact) mass is 1220 g/mol. The van der Waals surface area contributed by atoms with E-state index in [1.54, 1.807) is 6.08 Å². The Bertz CT molecular complexity index is 1730. The van der Waals surface area contributed by atoms with Gasteiger partial charge >= 0.3 is 0 Å². The van der Waals surface area contributed by atoms with E-state index in [-0.39, 0.29) is 19.1 Å². The Balaban J connectivity index is 4.05. The third-order valence-corrected chi connectivity index (χ3v) is 17.3. The molecule has 0 radical (unpaired) electrons. The minimum atomic E-state index is -4.61. The molecule has 1 amide bonds. The summed E-state index contributed by atoms with van der Waals surface area (Å²) in [5, 5.41) is 14.0. The number of rotatable bonds is 67. The Morgan fingerprint density at radius 1 is 0.419 bits per heavy atom. The highest BCUT2D eigenvalue weighted by atomic mass is 31.2. The molecule has 0 spiro atoms. The molecule has 0 aliphatic heterocycles. The molecule has 2 N–H and O–H groups in total. The number of carbonyl (C=O) groups is 1. The number of unbranched alkanes of at least 4 members (excludes halogenated alkanes) is 40. The summed E-state index contributed by atoms with van der Waals surface area (Å²) in [6, 6.07) is -0.893. The lowest BCUT2D eigenvalue weighted by atomic mass is 10.0. The van der Waals surface area contributed by atoms with Crippen molar-refractivity contribution in [3.8, 4) is 0 Å². The van der Waals surface area contributed by atoms with Crippen LogP contribution in [0.15, 0.2) is 97.2 Å². The van der Waals surface area contributed by atoms with Gasteiger partial charge in [-0.3, -0.25) is 9.36 Å². The van der Waals surface area contributed by atoms with Crippen LogP contribution in [0.1, 0.15) is 335 Å². The van der Waals surface area contributed by atoms with E-state index in [4.69, 9.17) is 9.05 Å². The highest BCUT2D eigenvalue weighted by Crippen LogP contribution is 2.38. The molecule has 0 aromatic heterocycles. The van der Waals surface area contributed by atoms with Gasteiger partial charge in [-0.1, -0.05) is 349 Å². The van der Waals surface area contributed by atoms with Crippen molar-refractivity contribution in [2.24, 2.45) is 0 Å². The van der Waals surface area contributed by atoms with Crippen molar-refractivity contribution in [1.29, 1.82) is 0 Å². The van der Waals surface area contributed by atoms with E-state index < -0.39 is 20.0 Å². The molecule has 0 rings (SSSR count). The minimum absolute atomic E-state index is 0.00296. The largest absolute Gasteiger partial charge is 0.756 e. The van der Waals surface area contributed by atoms with E-state index in [1.165, 1.54) is 231 Å². The summed E-state index contributed by atoms with van der Waals surface area (Å²) in [4.78, 5) is 25.7. The fourth-order valence-electron chi connectivity index (χ4n) is 10.7. The Hall–Kier alpha value is -2.58. The number of hydrogen-bond acceptors (Lipinski definition) is 6. The van der Waals surface area contributed by atoms with Gasteiger partial charge in [0.2, 0.25) is 5.91 Å². The van der Waals surface area contributed by atoms with Gasteiger partial charge in [0.25, 0.3) is 7.82 Å². The van der Waals surface area contributed by atoms with E-state index >= 15 is 0 Å². The number of hydrogen-bond donors (Lipinski definition) is 2. The van der Waals surface area contributed by atoms with Crippen LogP contribution in [0.5, 0.6) is 0 Å².